The molecular formula is C30H33N3O4. The first-order chi connectivity index (χ1) is 18.0. The van der Waals surface area contributed by atoms with Crippen LogP contribution in [0.4, 0.5) is 0 Å². The number of ether oxygens (including phenoxy) is 2. The lowest BCUT2D eigenvalue weighted by molar-refractivity contribution is -0.124. The summed E-state index contributed by atoms with van der Waals surface area (Å²) in [4.78, 5) is 31.4. The van der Waals surface area contributed by atoms with Gasteiger partial charge < -0.3 is 24.6 Å². The Hall–Kier alpha value is -3.84. The van der Waals surface area contributed by atoms with Crippen molar-refractivity contribution in [2.24, 2.45) is 0 Å². The van der Waals surface area contributed by atoms with Crippen molar-refractivity contribution in [3.05, 3.63) is 94.5 Å². The van der Waals surface area contributed by atoms with Gasteiger partial charge in [0, 0.05) is 31.7 Å². The highest BCUT2D eigenvalue weighted by atomic mass is 16.5. The van der Waals surface area contributed by atoms with Gasteiger partial charge in [-0.15, -0.1) is 0 Å². The first-order valence-corrected chi connectivity index (χ1v) is 12.7. The van der Waals surface area contributed by atoms with Gasteiger partial charge in [-0.2, -0.15) is 0 Å². The molecule has 2 heterocycles. The van der Waals surface area contributed by atoms with Crippen LogP contribution in [0, 0.1) is 0 Å². The van der Waals surface area contributed by atoms with E-state index in [4.69, 9.17) is 9.47 Å². The van der Waals surface area contributed by atoms with Gasteiger partial charge in [0.2, 0.25) is 5.91 Å². The molecule has 37 heavy (non-hydrogen) atoms. The molecule has 0 radical (unpaired) electrons. The first-order valence-electron chi connectivity index (χ1n) is 12.7. The Kier molecular flexibility index (Phi) is 7.15. The molecule has 0 saturated heterocycles. The van der Waals surface area contributed by atoms with Crippen LogP contribution < -0.4 is 14.8 Å². The average Bonchev–Trinajstić information content (AvgIpc) is 2.92. The Balaban J connectivity index is 1.42. The summed E-state index contributed by atoms with van der Waals surface area (Å²) in [7, 11) is 5.26. The summed E-state index contributed by atoms with van der Waals surface area (Å²) >= 11 is 0. The van der Waals surface area contributed by atoms with Crippen LogP contribution in [0.25, 0.3) is 0 Å². The van der Waals surface area contributed by atoms with E-state index in [-0.39, 0.29) is 11.8 Å². The Morgan fingerprint density at radius 2 is 1.70 bits per heavy atom. The molecule has 3 aromatic carbocycles. The minimum Gasteiger partial charge on any atom is -0.493 e. The number of nitrogens with one attached hydrogen (secondary N) is 1. The van der Waals surface area contributed by atoms with Crippen molar-refractivity contribution in [2.45, 2.75) is 24.9 Å². The van der Waals surface area contributed by atoms with E-state index in [0.29, 0.717) is 43.1 Å². The third-order valence-electron chi connectivity index (χ3n) is 7.40. The second kappa shape index (κ2) is 10.6. The fourth-order valence-electron chi connectivity index (χ4n) is 5.59. The molecule has 3 aromatic rings. The van der Waals surface area contributed by atoms with Gasteiger partial charge in [0.25, 0.3) is 5.91 Å². The maximum Gasteiger partial charge on any atom is 0.254 e. The first kappa shape index (κ1) is 24.8. The number of methoxy groups -OCH3 is 2. The molecule has 0 saturated carbocycles. The van der Waals surface area contributed by atoms with Gasteiger partial charge in [-0.3, -0.25) is 9.59 Å². The van der Waals surface area contributed by atoms with E-state index in [1.807, 2.05) is 66.5 Å². The van der Waals surface area contributed by atoms with Crippen molar-refractivity contribution in [1.29, 1.82) is 0 Å². The van der Waals surface area contributed by atoms with Crippen LogP contribution in [0.5, 0.6) is 11.5 Å². The number of nitrogens with zero attached hydrogens (tertiary/aromatic N) is 2. The summed E-state index contributed by atoms with van der Waals surface area (Å²) in [5.74, 6) is 0.611. The molecule has 0 aromatic heterocycles. The average molecular weight is 500 g/mol. The normalized spacial score (nSPS) is 18.1. The summed E-state index contributed by atoms with van der Waals surface area (Å²) in [5, 5.41) is 3.17. The summed E-state index contributed by atoms with van der Waals surface area (Å²) in [6.45, 7) is 2.58. The fourth-order valence-corrected chi connectivity index (χ4v) is 5.59. The molecule has 0 aliphatic carbocycles. The van der Waals surface area contributed by atoms with Crippen molar-refractivity contribution in [1.82, 2.24) is 15.1 Å². The molecule has 2 aliphatic rings. The highest BCUT2D eigenvalue weighted by Gasteiger charge is 2.46. The number of likely N-dealkylation sites (N-methyl/N-ethyl adjacent to an activating group) is 1. The van der Waals surface area contributed by atoms with Gasteiger partial charge in [0.1, 0.15) is 0 Å². The Morgan fingerprint density at radius 1 is 1.00 bits per heavy atom. The SMILES string of the molecule is COc1cc2c(cc1OC)[C@H]1[C@H](C(=O)NCCN(C)Cc3ccccc3)c3ccccc3C(=O)N1CC2. The van der Waals surface area contributed by atoms with Crippen molar-refractivity contribution >= 4 is 11.8 Å². The molecular weight excluding hydrogens is 466 g/mol. The lowest BCUT2D eigenvalue weighted by Gasteiger charge is -2.45. The third kappa shape index (κ3) is 4.79. The largest absolute Gasteiger partial charge is 0.493 e. The van der Waals surface area contributed by atoms with E-state index in [9.17, 15) is 9.59 Å². The number of fused-ring (bicyclic) bond motifs is 4. The fraction of sp³-hybridized carbons (Fsp3) is 0.333. The van der Waals surface area contributed by atoms with E-state index in [2.05, 4.69) is 22.3 Å². The standard InChI is InChI=1S/C30H33N3O4/c1-32(19-20-9-5-4-6-10-20)16-14-31-29(34)27-22-11-7-8-12-23(22)30(35)33-15-13-21-17-25(36-2)26(37-3)18-24(21)28(27)33/h4-12,17-18,27-28H,13-16,19H2,1-3H3,(H,31,34)/t27-,28+/m1/s1. The summed E-state index contributed by atoms with van der Waals surface area (Å²) in [6, 6.07) is 21.3. The molecule has 2 aliphatic heterocycles. The highest BCUT2D eigenvalue weighted by molar-refractivity contribution is 6.01. The molecule has 0 unspecified atom stereocenters. The van der Waals surface area contributed by atoms with Gasteiger partial charge >= 0.3 is 0 Å². The molecule has 2 atom stereocenters. The quantitative estimate of drug-likeness (QED) is 0.511. The number of amides is 2. The van der Waals surface area contributed by atoms with Crippen LogP contribution in [-0.2, 0) is 17.8 Å². The molecule has 5 rings (SSSR count). The zero-order valence-electron chi connectivity index (χ0n) is 21.6. The zero-order valence-corrected chi connectivity index (χ0v) is 21.6. The number of carbonyl (C=O) groups is 2. The van der Waals surface area contributed by atoms with E-state index in [1.54, 1.807) is 14.2 Å². The predicted octanol–water partition coefficient (Wildman–Crippen LogP) is 3.79. The Morgan fingerprint density at radius 3 is 2.46 bits per heavy atom. The minimum absolute atomic E-state index is 0.0346. The lowest BCUT2D eigenvalue weighted by atomic mass is 9.75. The van der Waals surface area contributed by atoms with Crippen LogP contribution >= 0.6 is 0 Å². The number of hydrogen-bond acceptors (Lipinski definition) is 5. The molecule has 2 amide bonds. The lowest BCUT2D eigenvalue weighted by Crippen LogP contribution is -2.50. The van der Waals surface area contributed by atoms with Crippen molar-refractivity contribution in [3.63, 3.8) is 0 Å². The topological polar surface area (TPSA) is 71.1 Å². The highest BCUT2D eigenvalue weighted by Crippen LogP contribution is 2.48. The molecule has 1 N–H and O–H groups in total. The van der Waals surface area contributed by atoms with Gasteiger partial charge in [0.05, 0.1) is 26.2 Å². The zero-order chi connectivity index (χ0) is 25.9. The molecule has 7 nitrogen and oxygen atoms in total. The second-order valence-corrected chi connectivity index (χ2v) is 9.68. The van der Waals surface area contributed by atoms with Gasteiger partial charge in [0.15, 0.2) is 11.5 Å². The second-order valence-electron chi connectivity index (χ2n) is 9.68. The maximum absolute atomic E-state index is 13.8. The maximum atomic E-state index is 13.8. The van der Waals surface area contributed by atoms with Crippen LogP contribution in [-0.4, -0.2) is 62.5 Å². The number of carbonyl (C=O) groups excluding carboxylic acids is 2. The minimum atomic E-state index is -0.523. The Bertz CT molecular complexity index is 1290. The number of rotatable bonds is 8. The van der Waals surface area contributed by atoms with E-state index in [1.165, 1.54) is 5.56 Å². The number of benzene rings is 3. The van der Waals surface area contributed by atoms with Crippen molar-refractivity contribution in [2.75, 3.05) is 40.9 Å². The smallest absolute Gasteiger partial charge is 0.254 e. The van der Waals surface area contributed by atoms with Gasteiger partial charge in [-0.05, 0) is 53.9 Å². The van der Waals surface area contributed by atoms with E-state index >= 15 is 0 Å². The molecule has 192 valence electrons. The molecule has 0 fully saturated rings. The Labute approximate surface area is 218 Å². The van der Waals surface area contributed by atoms with Crippen molar-refractivity contribution in [3.8, 4) is 11.5 Å². The molecule has 7 heteroatoms. The van der Waals surface area contributed by atoms with Crippen LogP contribution in [0.1, 0.15) is 44.6 Å². The third-order valence-corrected chi connectivity index (χ3v) is 7.40. The molecule has 0 spiro atoms. The summed E-state index contributed by atoms with van der Waals surface area (Å²) in [6.07, 6.45) is 0.693. The predicted molar refractivity (Wildman–Crippen MR) is 142 cm³/mol. The van der Waals surface area contributed by atoms with Crippen LogP contribution in [0.15, 0.2) is 66.7 Å². The van der Waals surface area contributed by atoms with Crippen LogP contribution in [0.2, 0.25) is 0 Å². The monoisotopic (exact) mass is 499 g/mol. The number of hydrogen-bond donors (Lipinski definition) is 1. The molecule has 0 bridgehead atoms. The van der Waals surface area contributed by atoms with Gasteiger partial charge in [-0.1, -0.05) is 48.5 Å². The van der Waals surface area contributed by atoms with Crippen molar-refractivity contribution < 1.29 is 19.1 Å². The van der Waals surface area contributed by atoms with E-state index in [0.717, 1.165) is 23.2 Å². The summed E-state index contributed by atoms with van der Waals surface area (Å²) < 4.78 is 11.1. The van der Waals surface area contributed by atoms with E-state index < -0.39 is 12.0 Å². The van der Waals surface area contributed by atoms with Crippen LogP contribution in [0.3, 0.4) is 0 Å². The summed E-state index contributed by atoms with van der Waals surface area (Å²) in [5.41, 5.74) is 4.62. The van der Waals surface area contributed by atoms with Gasteiger partial charge in [-0.25, -0.2) is 0 Å².